The Morgan fingerprint density at radius 3 is 2.26 bits per heavy atom. The van der Waals surface area contributed by atoms with Gasteiger partial charge in [0.25, 0.3) is 0 Å². The summed E-state index contributed by atoms with van der Waals surface area (Å²) in [6.07, 6.45) is 2.06. The number of nitrogens with zero attached hydrogens (tertiary/aromatic N) is 1. The van der Waals surface area contributed by atoms with Crippen molar-refractivity contribution in [2.75, 3.05) is 18.0 Å². The summed E-state index contributed by atoms with van der Waals surface area (Å²) < 4.78 is 0. The van der Waals surface area contributed by atoms with Crippen LogP contribution in [0.5, 0.6) is 0 Å². The molecule has 0 saturated carbocycles. The zero-order chi connectivity index (χ0) is 13.5. The summed E-state index contributed by atoms with van der Waals surface area (Å²) >= 11 is 5.93. The molecule has 4 heteroatoms. The van der Waals surface area contributed by atoms with Gasteiger partial charge >= 0.3 is 0 Å². The van der Waals surface area contributed by atoms with Crippen LogP contribution in [0.3, 0.4) is 0 Å². The lowest BCUT2D eigenvalue weighted by Crippen LogP contribution is -2.50. The second-order valence-electron chi connectivity index (χ2n) is 5.25. The summed E-state index contributed by atoms with van der Waals surface area (Å²) in [5, 5.41) is 7.43. The Kier molecular flexibility index (Phi) is 2.94. The second-order valence-corrected chi connectivity index (χ2v) is 5.69. The molecule has 19 heavy (non-hydrogen) atoms. The highest BCUT2D eigenvalue weighted by Crippen LogP contribution is 2.34. The number of hydrogen-bond donors (Lipinski definition) is 2. The van der Waals surface area contributed by atoms with Crippen LogP contribution >= 0.6 is 11.6 Å². The molecule has 3 rings (SSSR count). The minimum Gasteiger partial charge on any atom is -0.371 e. The van der Waals surface area contributed by atoms with Crippen molar-refractivity contribution in [2.24, 2.45) is 0 Å². The molecule has 1 aromatic carbocycles. The molecule has 0 atom stereocenters. The summed E-state index contributed by atoms with van der Waals surface area (Å²) in [5.74, 6) is 0.866. The molecule has 2 fully saturated rings. The van der Waals surface area contributed by atoms with E-state index in [-0.39, 0.29) is 5.54 Å². The Balaban J connectivity index is 1.71. The molecular formula is C15H18ClN3. The van der Waals surface area contributed by atoms with Gasteiger partial charge in [0, 0.05) is 29.5 Å². The maximum absolute atomic E-state index is 5.93. The van der Waals surface area contributed by atoms with E-state index in [1.54, 1.807) is 0 Å². The number of benzene rings is 1. The van der Waals surface area contributed by atoms with E-state index in [0.29, 0.717) is 0 Å². The van der Waals surface area contributed by atoms with Gasteiger partial charge in [0.15, 0.2) is 0 Å². The lowest BCUT2D eigenvalue weighted by atomic mass is 9.86. The van der Waals surface area contributed by atoms with Gasteiger partial charge in [0.2, 0.25) is 0 Å². The highest BCUT2D eigenvalue weighted by molar-refractivity contribution is 6.30. The summed E-state index contributed by atoms with van der Waals surface area (Å²) in [6.45, 7) is 10.1. The molecule has 1 spiro atoms. The third kappa shape index (κ3) is 2.19. The van der Waals surface area contributed by atoms with Crippen molar-refractivity contribution in [3.8, 4) is 0 Å². The van der Waals surface area contributed by atoms with E-state index >= 15 is 0 Å². The monoisotopic (exact) mass is 275 g/mol. The molecule has 1 aromatic rings. The van der Waals surface area contributed by atoms with E-state index in [2.05, 4.69) is 40.8 Å². The summed E-state index contributed by atoms with van der Waals surface area (Å²) in [6, 6.07) is 8.04. The van der Waals surface area contributed by atoms with Crippen molar-refractivity contribution in [1.29, 1.82) is 0 Å². The Morgan fingerprint density at radius 2 is 1.74 bits per heavy atom. The molecule has 0 unspecified atom stereocenters. The van der Waals surface area contributed by atoms with Gasteiger partial charge in [-0.25, -0.2) is 0 Å². The lowest BCUT2D eigenvalue weighted by molar-refractivity contribution is 0.355. The first-order valence-corrected chi connectivity index (χ1v) is 6.91. The molecule has 0 aliphatic carbocycles. The minimum absolute atomic E-state index is 0.0139. The standard InChI is InChI=1S/C15H18ClN3/c1-11-15(18-12(2)17-11)7-9-19(10-8-15)14-5-3-13(16)4-6-14/h3-6,17-18H,1-2,7-10H2. The Morgan fingerprint density at radius 1 is 1.11 bits per heavy atom. The fraction of sp³-hybridized carbons (Fsp3) is 0.333. The van der Waals surface area contributed by atoms with Crippen molar-refractivity contribution in [1.82, 2.24) is 10.6 Å². The molecule has 0 radical (unpaired) electrons. The Labute approximate surface area is 118 Å². The number of hydrogen-bond acceptors (Lipinski definition) is 3. The summed E-state index contributed by atoms with van der Waals surface area (Å²) in [7, 11) is 0. The van der Waals surface area contributed by atoms with Crippen LogP contribution in [0.1, 0.15) is 12.8 Å². The molecular weight excluding hydrogens is 258 g/mol. The highest BCUT2D eigenvalue weighted by Gasteiger charge is 2.41. The topological polar surface area (TPSA) is 27.3 Å². The number of anilines is 1. The van der Waals surface area contributed by atoms with Crippen LogP contribution in [0.2, 0.25) is 5.02 Å². The smallest absolute Gasteiger partial charge is 0.0962 e. The molecule has 2 aliphatic heterocycles. The van der Waals surface area contributed by atoms with Gasteiger partial charge in [-0.05, 0) is 37.1 Å². The third-order valence-electron chi connectivity index (χ3n) is 4.08. The van der Waals surface area contributed by atoms with Crippen LogP contribution in [-0.4, -0.2) is 18.6 Å². The van der Waals surface area contributed by atoms with Gasteiger partial charge < -0.3 is 15.5 Å². The summed E-state index contributed by atoms with van der Waals surface area (Å²) in [5.41, 5.74) is 2.27. The molecule has 2 N–H and O–H groups in total. The van der Waals surface area contributed by atoms with Gasteiger partial charge in [-0.2, -0.15) is 0 Å². The van der Waals surface area contributed by atoms with Crippen molar-refractivity contribution in [3.63, 3.8) is 0 Å². The van der Waals surface area contributed by atoms with E-state index < -0.39 is 0 Å². The van der Waals surface area contributed by atoms with E-state index in [0.717, 1.165) is 42.5 Å². The maximum Gasteiger partial charge on any atom is 0.0962 e. The van der Waals surface area contributed by atoms with E-state index in [9.17, 15) is 0 Å². The first-order chi connectivity index (χ1) is 9.09. The molecule has 100 valence electrons. The highest BCUT2D eigenvalue weighted by atomic mass is 35.5. The number of piperidine rings is 1. The maximum atomic E-state index is 5.93. The molecule has 2 heterocycles. The van der Waals surface area contributed by atoms with Crippen LogP contribution in [0.15, 0.2) is 48.9 Å². The molecule has 0 bridgehead atoms. The molecule has 0 aromatic heterocycles. The predicted octanol–water partition coefficient (Wildman–Crippen LogP) is 2.86. The van der Waals surface area contributed by atoms with Crippen molar-refractivity contribution < 1.29 is 0 Å². The van der Waals surface area contributed by atoms with Gasteiger partial charge in [-0.15, -0.1) is 0 Å². The van der Waals surface area contributed by atoms with E-state index in [1.807, 2.05) is 12.1 Å². The Bertz CT molecular complexity index is 513. The zero-order valence-corrected chi connectivity index (χ0v) is 11.6. The average molecular weight is 276 g/mol. The van der Waals surface area contributed by atoms with Gasteiger partial charge in [-0.1, -0.05) is 24.8 Å². The zero-order valence-electron chi connectivity index (χ0n) is 10.9. The van der Waals surface area contributed by atoms with Crippen molar-refractivity contribution >= 4 is 17.3 Å². The quantitative estimate of drug-likeness (QED) is 0.825. The van der Waals surface area contributed by atoms with Crippen molar-refractivity contribution in [3.05, 3.63) is 54.0 Å². The normalized spacial score (nSPS) is 21.4. The fourth-order valence-corrected chi connectivity index (χ4v) is 3.05. The largest absolute Gasteiger partial charge is 0.371 e. The van der Waals surface area contributed by atoms with Crippen LogP contribution in [0.25, 0.3) is 0 Å². The van der Waals surface area contributed by atoms with Gasteiger partial charge in [0.1, 0.15) is 0 Å². The Hall–Kier alpha value is -1.61. The number of nitrogens with one attached hydrogen (secondary N) is 2. The predicted molar refractivity (Wildman–Crippen MR) is 80.2 cm³/mol. The number of rotatable bonds is 1. The van der Waals surface area contributed by atoms with Crippen LogP contribution in [-0.2, 0) is 0 Å². The van der Waals surface area contributed by atoms with E-state index in [4.69, 9.17) is 11.6 Å². The second kappa shape index (κ2) is 4.49. The van der Waals surface area contributed by atoms with Crippen molar-refractivity contribution in [2.45, 2.75) is 18.4 Å². The van der Waals surface area contributed by atoms with Crippen LogP contribution < -0.4 is 15.5 Å². The SMILES string of the molecule is C=C1NC(=C)C2(CCN(c3ccc(Cl)cc3)CC2)N1. The first kappa shape index (κ1) is 12.4. The first-order valence-electron chi connectivity index (χ1n) is 6.53. The fourth-order valence-electron chi connectivity index (χ4n) is 2.92. The third-order valence-corrected chi connectivity index (χ3v) is 4.33. The lowest BCUT2D eigenvalue weighted by Gasteiger charge is -2.40. The minimum atomic E-state index is -0.0139. The molecule has 2 saturated heterocycles. The van der Waals surface area contributed by atoms with E-state index in [1.165, 1.54) is 5.69 Å². The van der Waals surface area contributed by atoms with Crippen LogP contribution in [0.4, 0.5) is 5.69 Å². The van der Waals surface area contributed by atoms with Gasteiger partial charge in [-0.3, -0.25) is 0 Å². The van der Waals surface area contributed by atoms with Gasteiger partial charge in [0.05, 0.1) is 11.4 Å². The molecule has 3 nitrogen and oxygen atoms in total. The summed E-state index contributed by atoms with van der Waals surface area (Å²) in [4.78, 5) is 2.39. The molecule has 0 amide bonds. The van der Waals surface area contributed by atoms with Crippen LogP contribution in [0, 0.1) is 0 Å². The number of halogens is 1. The average Bonchev–Trinajstić information content (AvgIpc) is 2.66. The molecule has 2 aliphatic rings.